The molecule has 0 aliphatic carbocycles. The van der Waals surface area contributed by atoms with E-state index in [-0.39, 0.29) is 17.9 Å². The molecule has 148 valence electrons. The molecule has 0 unspecified atom stereocenters. The van der Waals surface area contributed by atoms with Gasteiger partial charge in [-0.15, -0.1) is 0 Å². The summed E-state index contributed by atoms with van der Waals surface area (Å²) >= 11 is 0. The van der Waals surface area contributed by atoms with Crippen molar-refractivity contribution in [2.75, 3.05) is 26.8 Å². The third-order valence-corrected chi connectivity index (χ3v) is 4.63. The number of methoxy groups -OCH3 is 1. The van der Waals surface area contributed by atoms with Crippen molar-refractivity contribution in [1.82, 2.24) is 15.2 Å². The van der Waals surface area contributed by atoms with Crippen molar-refractivity contribution in [3.05, 3.63) is 59.9 Å². The Morgan fingerprint density at radius 1 is 1.29 bits per heavy atom. The van der Waals surface area contributed by atoms with Crippen LogP contribution in [0.25, 0.3) is 0 Å². The molecule has 1 aliphatic heterocycles. The van der Waals surface area contributed by atoms with Gasteiger partial charge in [-0.05, 0) is 31.2 Å². The molecular formula is C21H25N3O4. The molecule has 1 aromatic heterocycles. The molecule has 1 N–H and O–H groups in total. The molecule has 7 heteroatoms. The lowest BCUT2D eigenvalue weighted by Gasteiger charge is -2.23. The summed E-state index contributed by atoms with van der Waals surface area (Å²) in [5.41, 5.74) is 1.56. The van der Waals surface area contributed by atoms with E-state index in [0.717, 1.165) is 5.56 Å². The van der Waals surface area contributed by atoms with Gasteiger partial charge in [0, 0.05) is 31.8 Å². The molecule has 0 radical (unpaired) electrons. The van der Waals surface area contributed by atoms with Gasteiger partial charge in [-0.1, -0.05) is 17.7 Å². The Hall–Kier alpha value is -2.93. The van der Waals surface area contributed by atoms with Crippen molar-refractivity contribution < 1.29 is 19.1 Å². The Bertz CT molecular complexity index is 812. The predicted molar refractivity (Wildman–Crippen MR) is 104 cm³/mol. The summed E-state index contributed by atoms with van der Waals surface area (Å²) in [6, 6.07) is 10.4. The van der Waals surface area contributed by atoms with Crippen LogP contribution in [0, 0.1) is 6.92 Å². The fourth-order valence-electron chi connectivity index (χ4n) is 3.30. The van der Waals surface area contributed by atoms with Crippen LogP contribution < -0.4 is 10.1 Å². The number of carbonyl (C=O) groups is 2. The zero-order chi connectivity index (χ0) is 19.9. The molecular weight excluding hydrogens is 358 g/mol. The molecule has 2 atom stereocenters. The summed E-state index contributed by atoms with van der Waals surface area (Å²) in [5, 5.41) is 2.83. The van der Waals surface area contributed by atoms with E-state index in [1.165, 1.54) is 0 Å². The lowest BCUT2D eigenvalue weighted by Crippen LogP contribution is -2.46. The van der Waals surface area contributed by atoms with Gasteiger partial charge in [0.2, 0.25) is 5.91 Å². The van der Waals surface area contributed by atoms with Crippen LogP contribution in [0.2, 0.25) is 0 Å². The number of aryl methyl sites for hydroxylation is 1. The Morgan fingerprint density at radius 2 is 2.14 bits per heavy atom. The normalized spacial score (nSPS) is 18.7. The number of rotatable bonds is 7. The molecule has 1 aliphatic rings. The SMILES string of the molecule is COCCNC(=O)[C@@H]1C[C@H](Oc2cccnc2)CN1C(=O)c1cccc(C)c1. The highest BCUT2D eigenvalue weighted by atomic mass is 16.5. The monoisotopic (exact) mass is 383 g/mol. The van der Waals surface area contributed by atoms with E-state index >= 15 is 0 Å². The average molecular weight is 383 g/mol. The number of hydrogen-bond donors (Lipinski definition) is 1. The van der Waals surface area contributed by atoms with E-state index < -0.39 is 6.04 Å². The first-order valence-corrected chi connectivity index (χ1v) is 9.29. The van der Waals surface area contributed by atoms with Gasteiger partial charge in [0.25, 0.3) is 5.91 Å². The summed E-state index contributed by atoms with van der Waals surface area (Å²) in [6.07, 6.45) is 3.43. The molecule has 0 bridgehead atoms. The quantitative estimate of drug-likeness (QED) is 0.738. The minimum atomic E-state index is -0.591. The summed E-state index contributed by atoms with van der Waals surface area (Å²) in [7, 11) is 1.58. The van der Waals surface area contributed by atoms with E-state index in [4.69, 9.17) is 9.47 Å². The van der Waals surface area contributed by atoms with E-state index in [9.17, 15) is 9.59 Å². The molecule has 28 heavy (non-hydrogen) atoms. The van der Waals surface area contributed by atoms with Crippen molar-refractivity contribution in [3.63, 3.8) is 0 Å². The lowest BCUT2D eigenvalue weighted by molar-refractivity contribution is -0.125. The highest BCUT2D eigenvalue weighted by molar-refractivity contribution is 5.98. The molecule has 1 fully saturated rings. The Morgan fingerprint density at radius 3 is 2.86 bits per heavy atom. The fraction of sp³-hybridized carbons (Fsp3) is 0.381. The number of pyridine rings is 1. The molecule has 0 saturated carbocycles. The maximum Gasteiger partial charge on any atom is 0.254 e. The number of nitrogens with zero attached hydrogens (tertiary/aromatic N) is 2. The van der Waals surface area contributed by atoms with Crippen LogP contribution in [0.3, 0.4) is 0 Å². The zero-order valence-electron chi connectivity index (χ0n) is 16.1. The van der Waals surface area contributed by atoms with Crippen molar-refractivity contribution in [3.8, 4) is 5.75 Å². The van der Waals surface area contributed by atoms with Crippen LogP contribution in [0.15, 0.2) is 48.8 Å². The number of nitrogens with one attached hydrogen (secondary N) is 1. The molecule has 3 rings (SSSR count). The van der Waals surface area contributed by atoms with E-state index in [2.05, 4.69) is 10.3 Å². The second kappa shape index (κ2) is 9.32. The van der Waals surface area contributed by atoms with Gasteiger partial charge in [-0.2, -0.15) is 0 Å². The summed E-state index contributed by atoms with van der Waals surface area (Å²) in [5.74, 6) is 0.249. The first-order chi connectivity index (χ1) is 13.6. The van der Waals surface area contributed by atoms with Crippen molar-refractivity contribution >= 4 is 11.8 Å². The minimum Gasteiger partial charge on any atom is -0.487 e. The average Bonchev–Trinajstić information content (AvgIpc) is 3.12. The molecule has 2 heterocycles. The molecule has 2 aromatic rings. The van der Waals surface area contributed by atoms with Gasteiger partial charge in [0.15, 0.2) is 0 Å². The van der Waals surface area contributed by atoms with Crippen LogP contribution >= 0.6 is 0 Å². The highest BCUT2D eigenvalue weighted by Crippen LogP contribution is 2.25. The standard InChI is InChI=1S/C21H25N3O4/c1-15-5-3-6-16(11-15)21(26)24-14-18(28-17-7-4-8-22-13-17)12-19(24)20(25)23-9-10-27-2/h3-8,11,13,18-19H,9-10,12,14H2,1-2H3,(H,23,25)/t18-,19-/m0/s1. The van der Waals surface area contributed by atoms with Crippen LogP contribution in [0.1, 0.15) is 22.3 Å². The van der Waals surface area contributed by atoms with Gasteiger partial charge in [0.05, 0.1) is 19.3 Å². The first kappa shape index (κ1) is 19.8. The molecule has 2 amide bonds. The number of likely N-dealkylation sites (tertiary alicyclic amines) is 1. The molecule has 1 saturated heterocycles. The number of hydrogen-bond acceptors (Lipinski definition) is 5. The number of benzene rings is 1. The van der Waals surface area contributed by atoms with Crippen LogP contribution in [-0.2, 0) is 9.53 Å². The Balaban J connectivity index is 1.76. The molecule has 1 aromatic carbocycles. The zero-order valence-corrected chi connectivity index (χ0v) is 16.1. The molecule has 7 nitrogen and oxygen atoms in total. The smallest absolute Gasteiger partial charge is 0.254 e. The topological polar surface area (TPSA) is 80.8 Å². The number of amides is 2. The van der Waals surface area contributed by atoms with E-state index in [1.54, 1.807) is 36.5 Å². The largest absolute Gasteiger partial charge is 0.487 e. The summed E-state index contributed by atoms with van der Waals surface area (Å²) in [4.78, 5) is 31.4. The third-order valence-electron chi connectivity index (χ3n) is 4.63. The van der Waals surface area contributed by atoms with E-state index in [1.807, 2.05) is 31.2 Å². The van der Waals surface area contributed by atoms with Crippen LogP contribution in [0.5, 0.6) is 5.75 Å². The second-order valence-corrected chi connectivity index (χ2v) is 6.79. The lowest BCUT2D eigenvalue weighted by atomic mass is 10.1. The third kappa shape index (κ3) is 4.86. The van der Waals surface area contributed by atoms with Crippen LogP contribution in [0.4, 0.5) is 0 Å². The minimum absolute atomic E-state index is 0.173. The maximum absolute atomic E-state index is 13.1. The maximum atomic E-state index is 13.1. The highest BCUT2D eigenvalue weighted by Gasteiger charge is 2.41. The van der Waals surface area contributed by atoms with Crippen LogP contribution in [-0.4, -0.2) is 60.7 Å². The van der Waals surface area contributed by atoms with Crippen molar-refractivity contribution in [2.45, 2.75) is 25.5 Å². The number of ether oxygens (including phenoxy) is 2. The van der Waals surface area contributed by atoms with Gasteiger partial charge < -0.3 is 19.7 Å². The summed E-state index contributed by atoms with van der Waals surface area (Å²) in [6.45, 7) is 3.08. The van der Waals surface area contributed by atoms with Gasteiger partial charge in [-0.3, -0.25) is 14.6 Å². The van der Waals surface area contributed by atoms with Gasteiger partial charge >= 0.3 is 0 Å². The van der Waals surface area contributed by atoms with Crippen molar-refractivity contribution in [1.29, 1.82) is 0 Å². The summed E-state index contributed by atoms with van der Waals surface area (Å²) < 4.78 is 10.9. The van der Waals surface area contributed by atoms with Gasteiger partial charge in [-0.25, -0.2) is 0 Å². The van der Waals surface area contributed by atoms with Crippen molar-refractivity contribution in [2.24, 2.45) is 0 Å². The fourth-order valence-corrected chi connectivity index (χ4v) is 3.30. The van der Waals surface area contributed by atoms with Gasteiger partial charge in [0.1, 0.15) is 17.9 Å². The molecule has 0 spiro atoms. The second-order valence-electron chi connectivity index (χ2n) is 6.79. The Kier molecular flexibility index (Phi) is 6.60. The van der Waals surface area contributed by atoms with E-state index in [0.29, 0.717) is 37.4 Å². The number of carbonyl (C=O) groups excluding carboxylic acids is 2. The predicted octanol–water partition coefficient (Wildman–Crippen LogP) is 1.81. The first-order valence-electron chi connectivity index (χ1n) is 9.29. The number of aromatic nitrogens is 1. The Labute approximate surface area is 164 Å².